The summed E-state index contributed by atoms with van der Waals surface area (Å²) in [7, 11) is -6.90. The molecular formula is C11H14BrNO4S2. The molecule has 19 heavy (non-hydrogen) atoms. The van der Waals surface area contributed by atoms with Crippen LogP contribution in [0.2, 0.25) is 0 Å². The Labute approximate surface area is 121 Å². The summed E-state index contributed by atoms with van der Waals surface area (Å²) in [5.41, 5.74) is -0.938. The van der Waals surface area contributed by atoms with Crippen molar-refractivity contribution in [3.8, 4) is 0 Å². The van der Waals surface area contributed by atoms with Gasteiger partial charge in [-0.2, -0.15) is 0 Å². The average molecular weight is 368 g/mol. The standard InChI is InChI=1S/C11H14BrNO4S2/c1-11(6-7-18(14,15)8-11)13-19(16,17)10-5-3-2-4-9(10)12/h2-5,13H,6-8H2,1H3/t11-/m1/s1. The van der Waals surface area contributed by atoms with Crippen LogP contribution in [0.3, 0.4) is 0 Å². The molecule has 2 rings (SSSR count). The van der Waals surface area contributed by atoms with Gasteiger partial charge in [-0.05, 0) is 41.4 Å². The third kappa shape index (κ3) is 3.36. The highest BCUT2D eigenvalue weighted by atomic mass is 79.9. The topological polar surface area (TPSA) is 80.3 Å². The fraction of sp³-hybridized carbons (Fsp3) is 0.455. The summed E-state index contributed by atoms with van der Waals surface area (Å²) in [4.78, 5) is 0.112. The van der Waals surface area contributed by atoms with E-state index in [-0.39, 0.29) is 16.4 Å². The molecule has 0 saturated carbocycles. The van der Waals surface area contributed by atoms with Crippen molar-refractivity contribution in [3.05, 3.63) is 28.7 Å². The van der Waals surface area contributed by atoms with E-state index < -0.39 is 25.4 Å². The lowest BCUT2D eigenvalue weighted by Gasteiger charge is -2.23. The van der Waals surface area contributed by atoms with Crippen molar-refractivity contribution in [3.63, 3.8) is 0 Å². The van der Waals surface area contributed by atoms with Crippen LogP contribution in [-0.4, -0.2) is 33.9 Å². The fourth-order valence-electron chi connectivity index (χ4n) is 2.13. The van der Waals surface area contributed by atoms with Crippen molar-refractivity contribution < 1.29 is 16.8 Å². The van der Waals surface area contributed by atoms with Gasteiger partial charge in [0.25, 0.3) is 0 Å². The van der Waals surface area contributed by atoms with E-state index in [0.717, 1.165) is 0 Å². The van der Waals surface area contributed by atoms with Gasteiger partial charge in [0.2, 0.25) is 10.0 Å². The van der Waals surface area contributed by atoms with Crippen molar-refractivity contribution in [2.24, 2.45) is 0 Å². The average Bonchev–Trinajstić information content (AvgIpc) is 2.52. The van der Waals surface area contributed by atoms with E-state index in [1.807, 2.05) is 0 Å². The summed E-state index contributed by atoms with van der Waals surface area (Å²) in [5.74, 6) is -0.147. The zero-order valence-corrected chi connectivity index (χ0v) is 13.5. The van der Waals surface area contributed by atoms with Crippen LogP contribution in [0.15, 0.2) is 33.6 Å². The first-order valence-electron chi connectivity index (χ1n) is 5.63. The molecule has 0 spiro atoms. The van der Waals surface area contributed by atoms with E-state index in [4.69, 9.17) is 0 Å². The second-order valence-corrected chi connectivity index (χ2v) is 9.63. The normalized spacial score (nSPS) is 26.4. The molecule has 1 atom stereocenters. The minimum atomic E-state index is -3.74. The molecule has 1 N–H and O–H groups in total. The lowest BCUT2D eigenvalue weighted by atomic mass is 10.0. The number of nitrogens with one attached hydrogen (secondary N) is 1. The maximum atomic E-state index is 12.3. The highest BCUT2D eigenvalue weighted by molar-refractivity contribution is 9.10. The number of halogens is 1. The van der Waals surface area contributed by atoms with Gasteiger partial charge in [0.15, 0.2) is 9.84 Å². The van der Waals surface area contributed by atoms with Gasteiger partial charge in [-0.1, -0.05) is 12.1 Å². The van der Waals surface area contributed by atoms with Gasteiger partial charge >= 0.3 is 0 Å². The molecule has 1 saturated heterocycles. The molecule has 5 nitrogen and oxygen atoms in total. The van der Waals surface area contributed by atoms with Gasteiger partial charge in [-0.25, -0.2) is 21.6 Å². The molecule has 0 radical (unpaired) electrons. The van der Waals surface area contributed by atoms with Crippen molar-refractivity contribution in [2.45, 2.75) is 23.8 Å². The Bertz CT molecular complexity index is 699. The number of sulfonamides is 1. The molecule has 1 aromatic rings. The molecule has 1 aromatic carbocycles. The minimum Gasteiger partial charge on any atom is -0.229 e. The lowest BCUT2D eigenvalue weighted by molar-refractivity contribution is 0.461. The second kappa shape index (κ2) is 4.83. The minimum absolute atomic E-state index is 0.0159. The third-order valence-electron chi connectivity index (χ3n) is 3.01. The quantitative estimate of drug-likeness (QED) is 0.872. The molecule has 0 aromatic heterocycles. The van der Waals surface area contributed by atoms with Crippen LogP contribution in [0.5, 0.6) is 0 Å². The molecule has 0 amide bonds. The summed E-state index contributed by atoms with van der Waals surface area (Å²) >= 11 is 3.18. The highest BCUT2D eigenvalue weighted by Gasteiger charge is 2.41. The number of rotatable bonds is 3. The summed E-state index contributed by atoms with van der Waals surface area (Å²) in [6, 6.07) is 6.43. The van der Waals surface area contributed by atoms with E-state index in [1.165, 1.54) is 6.07 Å². The van der Waals surface area contributed by atoms with Crippen molar-refractivity contribution in [2.75, 3.05) is 11.5 Å². The van der Waals surface area contributed by atoms with Crippen molar-refractivity contribution >= 4 is 35.8 Å². The second-order valence-electron chi connectivity index (χ2n) is 4.94. The lowest BCUT2D eigenvalue weighted by Crippen LogP contribution is -2.46. The molecular weight excluding hydrogens is 354 g/mol. The Morgan fingerprint density at radius 1 is 1.32 bits per heavy atom. The smallest absolute Gasteiger partial charge is 0.229 e. The van der Waals surface area contributed by atoms with Gasteiger partial charge in [-0.15, -0.1) is 0 Å². The molecule has 0 unspecified atom stereocenters. The van der Waals surface area contributed by atoms with Crippen LogP contribution in [0, 0.1) is 0 Å². The predicted octanol–water partition coefficient (Wildman–Crippen LogP) is 1.30. The van der Waals surface area contributed by atoms with Crippen molar-refractivity contribution in [1.29, 1.82) is 0 Å². The maximum Gasteiger partial charge on any atom is 0.242 e. The molecule has 0 aliphatic carbocycles. The molecule has 1 heterocycles. The SMILES string of the molecule is C[C@@]1(NS(=O)(=O)c2ccccc2Br)CCS(=O)(=O)C1. The van der Waals surface area contributed by atoms with Gasteiger partial charge in [-0.3, -0.25) is 0 Å². The Balaban J connectivity index is 2.31. The van der Waals surface area contributed by atoms with E-state index in [2.05, 4.69) is 20.7 Å². The highest BCUT2D eigenvalue weighted by Crippen LogP contribution is 2.27. The Morgan fingerprint density at radius 2 is 1.95 bits per heavy atom. The van der Waals surface area contributed by atoms with Gasteiger partial charge in [0.1, 0.15) is 0 Å². The van der Waals surface area contributed by atoms with Crippen LogP contribution < -0.4 is 4.72 Å². The molecule has 1 aliphatic rings. The van der Waals surface area contributed by atoms with Crippen LogP contribution in [0.4, 0.5) is 0 Å². The predicted molar refractivity (Wildman–Crippen MR) is 76.1 cm³/mol. The van der Waals surface area contributed by atoms with E-state index in [0.29, 0.717) is 10.9 Å². The monoisotopic (exact) mass is 367 g/mol. The number of hydrogen-bond donors (Lipinski definition) is 1. The summed E-state index contributed by atoms with van der Waals surface area (Å²) < 4.78 is 50.5. The Hall–Kier alpha value is -0.440. The van der Waals surface area contributed by atoms with E-state index in [9.17, 15) is 16.8 Å². The Morgan fingerprint density at radius 3 is 2.47 bits per heavy atom. The first kappa shape index (κ1) is 15.0. The molecule has 106 valence electrons. The first-order chi connectivity index (χ1) is 8.64. The Kier molecular flexibility index (Phi) is 3.81. The zero-order valence-electron chi connectivity index (χ0n) is 10.3. The van der Waals surface area contributed by atoms with Crippen LogP contribution >= 0.6 is 15.9 Å². The fourth-order valence-corrected chi connectivity index (χ4v) is 6.76. The summed E-state index contributed by atoms with van der Waals surface area (Å²) in [5, 5.41) is 0. The number of benzene rings is 1. The summed E-state index contributed by atoms with van der Waals surface area (Å²) in [6.45, 7) is 1.62. The zero-order chi connectivity index (χ0) is 14.3. The number of sulfone groups is 1. The van der Waals surface area contributed by atoms with E-state index >= 15 is 0 Å². The van der Waals surface area contributed by atoms with Crippen LogP contribution in [0.25, 0.3) is 0 Å². The van der Waals surface area contributed by atoms with Gasteiger partial charge in [0.05, 0.1) is 16.4 Å². The van der Waals surface area contributed by atoms with Crippen LogP contribution in [-0.2, 0) is 19.9 Å². The van der Waals surface area contributed by atoms with Crippen LogP contribution in [0.1, 0.15) is 13.3 Å². The molecule has 0 bridgehead atoms. The number of hydrogen-bond acceptors (Lipinski definition) is 4. The van der Waals surface area contributed by atoms with Gasteiger partial charge in [0, 0.05) is 10.0 Å². The molecule has 8 heteroatoms. The van der Waals surface area contributed by atoms with Gasteiger partial charge < -0.3 is 0 Å². The first-order valence-corrected chi connectivity index (χ1v) is 9.72. The molecule has 1 aliphatic heterocycles. The summed E-state index contributed by atoms with van der Waals surface area (Å²) in [6.07, 6.45) is 0.291. The van der Waals surface area contributed by atoms with Crippen molar-refractivity contribution in [1.82, 2.24) is 4.72 Å². The molecule has 1 fully saturated rings. The maximum absolute atomic E-state index is 12.3. The van der Waals surface area contributed by atoms with E-state index in [1.54, 1.807) is 25.1 Å². The largest absolute Gasteiger partial charge is 0.242 e. The third-order valence-corrected chi connectivity index (χ3v) is 7.56.